The van der Waals surface area contributed by atoms with Crippen LogP contribution in [0, 0.1) is 0 Å². The number of hydrogen-bond acceptors (Lipinski definition) is 10. The van der Waals surface area contributed by atoms with Crippen molar-refractivity contribution in [2.24, 2.45) is 0 Å². The van der Waals surface area contributed by atoms with Gasteiger partial charge in [0.15, 0.2) is 0 Å². The van der Waals surface area contributed by atoms with Crippen LogP contribution in [-0.2, 0) is 35.7 Å². The molecule has 0 aliphatic carbocycles. The van der Waals surface area contributed by atoms with E-state index in [1.807, 2.05) is 0 Å². The van der Waals surface area contributed by atoms with Crippen molar-refractivity contribution in [3.63, 3.8) is 0 Å². The molecule has 238 valence electrons. The van der Waals surface area contributed by atoms with Crippen LogP contribution in [-0.4, -0.2) is 35.1 Å². The molecule has 0 radical (unpaired) electrons. The summed E-state index contributed by atoms with van der Waals surface area (Å²) in [5.41, 5.74) is -0.453. The first-order valence-corrected chi connectivity index (χ1v) is 14.5. The van der Waals surface area contributed by atoms with Crippen LogP contribution in [0.5, 0.6) is 0 Å². The number of benzene rings is 4. The summed E-state index contributed by atoms with van der Waals surface area (Å²) < 4.78 is 0. The summed E-state index contributed by atoms with van der Waals surface area (Å²) in [5.74, 6) is -3.01. The van der Waals surface area contributed by atoms with Gasteiger partial charge in [-0.15, -0.1) is 0 Å². The minimum absolute atomic E-state index is 0.124. The van der Waals surface area contributed by atoms with E-state index in [2.05, 4.69) is 0 Å². The topological polar surface area (TPSA) is 124 Å². The molecular weight excluding hydrogens is 592 g/mol. The third kappa shape index (κ3) is 10.1. The van der Waals surface area contributed by atoms with Crippen molar-refractivity contribution < 1.29 is 48.5 Å². The Hall–Kier alpha value is -5.32. The van der Waals surface area contributed by atoms with Crippen LogP contribution in [0.3, 0.4) is 0 Å². The minimum atomic E-state index is -1.13. The highest BCUT2D eigenvalue weighted by molar-refractivity contribution is 5.92. The lowest BCUT2D eigenvalue weighted by Gasteiger charge is -2.31. The zero-order chi connectivity index (χ0) is 33.0. The highest BCUT2D eigenvalue weighted by Crippen LogP contribution is 2.30. The van der Waals surface area contributed by atoms with Crippen molar-refractivity contribution in [1.29, 1.82) is 0 Å². The summed E-state index contributed by atoms with van der Waals surface area (Å²) in [6.45, 7) is 5.23. The second kappa shape index (κ2) is 15.6. The summed E-state index contributed by atoms with van der Waals surface area (Å²) >= 11 is 0. The molecule has 0 bridgehead atoms. The van der Waals surface area contributed by atoms with E-state index in [0.717, 1.165) is 0 Å². The summed E-state index contributed by atoms with van der Waals surface area (Å²) in [7, 11) is 0. The highest BCUT2D eigenvalue weighted by Gasteiger charge is 2.34. The quantitative estimate of drug-likeness (QED) is 0.113. The maximum absolute atomic E-state index is 12.7. The largest absolute Gasteiger partial charge is 0.386 e. The fourth-order valence-corrected chi connectivity index (χ4v) is 4.29. The number of carbonyl (C=O) groups excluding carboxylic acids is 4. The number of carbonyl (C=O) groups is 4. The number of rotatable bonds is 13. The SMILES string of the molecule is CC(C)(CCC(C)(Cc1cccc(C(=O)OOC(=O)c2ccccc2)c1)OOC(=O)c1ccccc1)OOC(=O)c1ccccc1. The van der Waals surface area contributed by atoms with Gasteiger partial charge in [-0.25, -0.2) is 29.0 Å². The zero-order valence-electron chi connectivity index (χ0n) is 25.7. The molecule has 10 nitrogen and oxygen atoms in total. The van der Waals surface area contributed by atoms with Crippen LogP contribution in [0.15, 0.2) is 115 Å². The smallest absolute Gasteiger partial charge is 0.292 e. The van der Waals surface area contributed by atoms with Crippen LogP contribution in [0.25, 0.3) is 0 Å². The van der Waals surface area contributed by atoms with E-state index in [1.165, 1.54) is 18.2 Å². The van der Waals surface area contributed by atoms with Gasteiger partial charge in [-0.3, -0.25) is 9.78 Å². The Bertz CT molecular complexity index is 1620. The second-order valence-electron chi connectivity index (χ2n) is 11.3. The molecule has 46 heavy (non-hydrogen) atoms. The van der Waals surface area contributed by atoms with E-state index >= 15 is 0 Å². The van der Waals surface area contributed by atoms with Gasteiger partial charge in [0, 0.05) is 6.42 Å². The van der Waals surface area contributed by atoms with Crippen LogP contribution in [0.2, 0.25) is 0 Å². The predicted molar refractivity (Wildman–Crippen MR) is 165 cm³/mol. The first-order chi connectivity index (χ1) is 22.0. The molecule has 0 N–H and O–H groups in total. The molecule has 0 aliphatic rings. The van der Waals surface area contributed by atoms with E-state index in [9.17, 15) is 19.2 Å². The van der Waals surface area contributed by atoms with Crippen molar-refractivity contribution in [3.05, 3.63) is 143 Å². The Kier molecular flexibility index (Phi) is 11.4. The van der Waals surface area contributed by atoms with Crippen LogP contribution >= 0.6 is 0 Å². The fourth-order valence-electron chi connectivity index (χ4n) is 4.29. The van der Waals surface area contributed by atoms with Crippen LogP contribution < -0.4 is 0 Å². The monoisotopic (exact) mass is 626 g/mol. The van der Waals surface area contributed by atoms with E-state index < -0.39 is 35.1 Å². The summed E-state index contributed by atoms with van der Waals surface area (Å²) in [6, 6.07) is 31.4. The lowest BCUT2D eigenvalue weighted by molar-refractivity contribution is -0.328. The molecule has 0 aromatic heterocycles. The molecule has 4 rings (SSSR count). The molecule has 10 heteroatoms. The molecule has 0 amide bonds. The van der Waals surface area contributed by atoms with Gasteiger partial charge in [-0.1, -0.05) is 66.7 Å². The van der Waals surface area contributed by atoms with E-state index in [1.54, 1.807) is 118 Å². The Balaban J connectivity index is 1.43. The molecule has 0 fully saturated rings. The van der Waals surface area contributed by atoms with Gasteiger partial charge in [0.1, 0.15) is 11.2 Å². The molecule has 1 unspecified atom stereocenters. The van der Waals surface area contributed by atoms with E-state index in [-0.39, 0.29) is 24.0 Å². The molecule has 4 aromatic carbocycles. The first-order valence-electron chi connectivity index (χ1n) is 14.5. The molecule has 4 aromatic rings. The highest BCUT2D eigenvalue weighted by atomic mass is 17.2. The lowest BCUT2D eigenvalue weighted by Crippen LogP contribution is -2.36. The van der Waals surface area contributed by atoms with Gasteiger partial charge in [-0.05, 0) is 87.7 Å². The standard InChI is InChI=1S/C36H34O10/c1-35(2,45-43-32(38)28-17-9-5-10-18-28)22-23-36(3,46-44-33(39)29-19-11-6-12-20-29)25-26-14-13-21-30(24-26)34(40)42-41-31(37)27-15-7-4-8-16-27/h4-21,24H,22-23,25H2,1-3H3. The lowest BCUT2D eigenvalue weighted by atomic mass is 9.87. The van der Waals surface area contributed by atoms with Crippen LogP contribution in [0.1, 0.15) is 80.6 Å². The van der Waals surface area contributed by atoms with E-state index in [0.29, 0.717) is 23.1 Å². The van der Waals surface area contributed by atoms with Gasteiger partial charge in [0.05, 0.1) is 22.3 Å². The Morgan fingerprint density at radius 2 is 0.891 bits per heavy atom. The number of hydrogen-bond donors (Lipinski definition) is 0. The molecule has 0 aliphatic heterocycles. The summed E-state index contributed by atoms with van der Waals surface area (Å²) in [5, 5.41) is 0. The van der Waals surface area contributed by atoms with Crippen molar-refractivity contribution in [2.75, 3.05) is 0 Å². The van der Waals surface area contributed by atoms with Crippen LogP contribution in [0.4, 0.5) is 0 Å². The molecule has 0 saturated carbocycles. The average molecular weight is 627 g/mol. The molecule has 1 atom stereocenters. The summed E-state index contributed by atoms with van der Waals surface area (Å²) in [4.78, 5) is 81.1. The molecule has 0 saturated heterocycles. The fraction of sp³-hybridized carbons (Fsp3) is 0.222. The van der Waals surface area contributed by atoms with Gasteiger partial charge >= 0.3 is 23.9 Å². The molecular formula is C36H34O10. The van der Waals surface area contributed by atoms with Crippen molar-refractivity contribution in [2.45, 2.75) is 51.2 Å². The molecule has 0 heterocycles. The maximum atomic E-state index is 12.7. The van der Waals surface area contributed by atoms with E-state index in [4.69, 9.17) is 29.3 Å². The van der Waals surface area contributed by atoms with Gasteiger partial charge in [-0.2, -0.15) is 9.78 Å². The van der Waals surface area contributed by atoms with Gasteiger partial charge in [0.25, 0.3) is 0 Å². The Morgan fingerprint density at radius 1 is 0.478 bits per heavy atom. The average Bonchev–Trinajstić information content (AvgIpc) is 3.09. The van der Waals surface area contributed by atoms with Crippen molar-refractivity contribution in [1.82, 2.24) is 0 Å². The third-order valence-electron chi connectivity index (χ3n) is 6.88. The first kappa shape index (κ1) is 33.6. The normalized spacial score (nSPS) is 12.3. The minimum Gasteiger partial charge on any atom is -0.292 e. The van der Waals surface area contributed by atoms with Crippen molar-refractivity contribution in [3.8, 4) is 0 Å². The zero-order valence-corrected chi connectivity index (χ0v) is 25.7. The second-order valence-corrected chi connectivity index (χ2v) is 11.3. The molecule has 0 spiro atoms. The third-order valence-corrected chi connectivity index (χ3v) is 6.88. The Morgan fingerprint density at radius 3 is 1.39 bits per heavy atom. The maximum Gasteiger partial charge on any atom is 0.386 e. The predicted octanol–water partition coefficient (Wildman–Crippen LogP) is 7.05. The Labute approximate surface area is 266 Å². The van der Waals surface area contributed by atoms with Gasteiger partial charge in [0.2, 0.25) is 0 Å². The van der Waals surface area contributed by atoms with Gasteiger partial charge < -0.3 is 0 Å². The van der Waals surface area contributed by atoms with Crippen molar-refractivity contribution >= 4 is 23.9 Å². The summed E-state index contributed by atoms with van der Waals surface area (Å²) in [6.07, 6.45) is 0.764.